The number of nitrogens with one attached hydrogen (secondary N) is 1. The highest BCUT2D eigenvalue weighted by Gasteiger charge is 2.31. The quantitative estimate of drug-likeness (QED) is 0.579. The number of hydrogen-bond donors (Lipinski definition) is 1. The van der Waals surface area contributed by atoms with Crippen molar-refractivity contribution in [1.82, 2.24) is 9.55 Å². The van der Waals surface area contributed by atoms with E-state index in [-0.39, 0.29) is 17.2 Å². The number of rotatable bonds is 6. The third-order valence-corrected chi connectivity index (χ3v) is 5.19. The van der Waals surface area contributed by atoms with Gasteiger partial charge >= 0.3 is 6.18 Å². The molecule has 9 heteroatoms. The first-order valence-corrected chi connectivity index (χ1v) is 9.53. The van der Waals surface area contributed by atoms with Crippen LogP contribution in [0.1, 0.15) is 5.56 Å². The molecule has 1 amide bonds. The summed E-state index contributed by atoms with van der Waals surface area (Å²) in [6.07, 6.45) is -2.80. The van der Waals surface area contributed by atoms with Gasteiger partial charge in [0.05, 0.1) is 36.0 Å². The van der Waals surface area contributed by atoms with Crippen LogP contribution in [0.2, 0.25) is 0 Å². The predicted molar refractivity (Wildman–Crippen MR) is 106 cm³/mol. The van der Waals surface area contributed by atoms with Crippen LogP contribution < -0.4 is 10.1 Å². The molecule has 29 heavy (non-hydrogen) atoms. The van der Waals surface area contributed by atoms with Crippen LogP contribution in [0.5, 0.6) is 5.75 Å². The van der Waals surface area contributed by atoms with E-state index in [0.717, 1.165) is 23.4 Å². The first-order valence-electron chi connectivity index (χ1n) is 8.54. The minimum Gasteiger partial charge on any atom is -0.495 e. The first kappa shape index (κ1) is 20.8. The van der Waals surface area contributed by atoms with Gasteiger partial charge in [-0.2, -0.15) is 13.2 Å². The monoisotopic (exact) mass is 421 g/mol. The molecule has 0 aliphatic carbocycles. The molecule has 0 fully saturated rings. The molecule has 0 saturated heterocycles. The summed E-state index contributed by atoms with van der Waals surface area (Å²) in [7, 11) is 3.16. The SMILES string of the molecule is COc1ccc(C(F)(F)F)cc1NC(=O)CSc1ncc(-c2ccccc2)n1C. The number of aromatic nitrogens is 2. The third-order valence-electron chi connectivity index (χ3n) is 4.15. The molecule has 0 atom stereocenters. The van der Waals surface area contributed by atoms with Crippen LogP contribution in [0.3, 0.4) is 0 Å². The Balaban J connectivity index is 1.69. The Hall–Kier alpha value is -2.94. The van der Waals surface area contributed by atoms with Crippen molar-refractivity contribution in [2.24, 2.45) is 7.05 Å². The summed E-state index contributed by atoms with van der Waals surface area (Å²) in [5.74, 6) is -0.324. The second-order valence-electron chi connectivity index (χ2n) is 6.10. The third kappa shape index (κ3) is 4.92. The van der Waals surface area contributed by atoms with Crippen molar-refractivity contribution >= 4 is 23.4 Å². The molecule has 0 aliphatic rings. The van der Waals surface area contributed by atoms with Crippen molar-refractivity contribution in [3.8, 4) is 17.0 Å². The molecule has 1 heterocycles. The molecule has 0 aliphatic heterocycles. The summed E-state index contributed by atoms with van der Waals surface area (Å²) in [4.78, 5) is 16.6. The van der Waals surface area contributed by atoms with Crippen molar-refractivity contribution in [3.63, 3.8) is 0 Å². The van der Waals surface area contributed by atoms with E-state index in [2.05, 4.69) is 10.3 Å². The molecule has 0 saturated carbocycles. The smallest absolute Gasteiger partial charge is 0.416 e. The Morgan fingerprint density at radius 3 is 2.59 bits per heavy atom. The lowest BCUT2D eigenvalue weighted by Gasteiger charge is -2.13. The van der Waals surface area contributed by atoms with Gasteiger partial charge in [0.1, 0.15) is 5.75 Å². The zero-order valence-electron chi connectivity index (χ0n) is 15.7. The molecule has 3 aromatic rings. The predicted octanol–water partition coefficient (Wildman–Crippen LogP) is 4.85. The number of thioether (sulfide) groups is 1. The van der Waals surface area contributed by atoms with Crippen LogP contribution in [0.4, 0.5) is 18.9 Å². The van der Waals surface area contributed by atoms with Crippen LogP contribution >= 0.6 is 11.8 Å². The summed E-state index contributed by atoms with van der Waals surface area (Å²) in [6, 6.07) is 12.6. The molecule has 0 radical (unpaired) electrons. The Labute approximate surface area is 169 Å². The van der Waals surface area contributed by atoms with E-state index in [9.17, 15) is 18.0 Å². The lowest BCUT2D eigenvalue weighted by atomic mass is 10.2. The number of imidazole rings is 1. The maximum atomic E-state index is 12.9. The summed E-state index contributed by atoms with van der Waals surface area (Å²) in [5.41, 5.74) is 0.996. The fourth-order valence-electron chi connectivity index (χ4n) is 2.70. The molecular weight excluding hydrogens is 403 g/mol. The normalized spacial score (nSPS) is 11.3. The molecule has 3 rings (SSSR count). The highest BCUT2D eigenvalue weighted by atomic mass is 32.2. The topological polar surface area (TPSA) is 56.1 Å². The average Bonchev–Trinajstić information content (AvgIpc) is 3.06. The molecule has 1 aromatic heterocycles. The highest BCUT2D eigenvalue weighted by molar-refractivity contribution is 7.99. The van der Waals surface area contributed by atoms with E-state index < -0.39 is 17.6 Å². The number of methoxy groups -OCH3 is 1. The summed E-state index contributed by atoms with van der Waals surface area (Å²) in [5, 5.41) is 3.10. The lowest BCUT2D eigenvalue weighted by Crippen LogP contribution is -2.16. The minimum absolute atomic E-state index is 0.0154. The molecule has 0 spiro atoms. The second kappa shape index (κ2) is 8.60. The molecular formula is C20H18F3N3O2S. The standard InChI is InChI=1S/C20H18F3N3O2S/c1-26-16(13-6-4-3-5-7-13)11-24-19(26)29-12-18(27)25-15-10-14(20(21,22)23)8-9-17(15)28-2/h3-11H,12H2,1-2H3,(H,25,27). The number of anilines is 1. The van der Waals surface area contributed by atoms with Crippen LogP contribution in [0.15, 0.2) is 59.9 Å². The number of carbonyl (C=O) groups excluding carboxylic acids is 1. The van der Waals surface area contributed by atoms with Gasteiger partial charge < -0.3 is 14.6 Å². The zero-order valence-corrected chi connectivity index (χ0v) is 16.5. The lowest BCUT2D eigenvalue weighted by molar-refractivity contribution is -0.137. The molecule has 1 N–H and O–H groups in total. The molecule has 2 aromatic carbocycles. The van der Waals surface area contributed by atoms with E-state index in [1.54, 1.807) is 6.20 Å². The van der Waals surface area contributed by atoms with Gasteiger partial charge in [0, 0.05) is 7.05 Å². The minimum atomic E-state index is -4.51. The van der Waals surface area contributed by atoms with Crippen molar-refractivity contribution in [1.29, 1.82) is 0 Å². The number of halogens is 3. The highest BCUT2D eigenvalue weighted by Crippen LogP contribution is 2.35. The number of nitrogens with zero attached hydrogens (tertiary/aromatic N) is 2. The number of alkyl halides is 3. The second-order valence-corrected chi connectivity index (χ2v) is 7.04. The molecule has 0 unspecified atom stereocenters. The van der Waals surface area contributed by atoms with Crippen LogP contribution in [0, 0.1) is 0 Å². The van der Waals surface area contributed by atoms with Crippen LogP contribution in [-0.2, 0) is 18.0 Å². The Kier molecular flexibility index (Phi) is 6.17. The Bertz CT molecular complexity index is 1000. The summed E-state index contributed by atoms with van der Waals surface area (Å²) in [6.45, 7) is 0. The van der Waals surface area contributed by atoms with Gasteiger partial charge in [0.15, 0.2) is 5.16 Å². The van der Waals surface area contributed by atoms with E-state index >= 15 is 0 Å². The fourth-order valence-corrected chi connectivity index (χ4v) is 3.45. The fraction of sp³-hybridized carbons (Fsp3) is 0.200. The summed E-state index contributed by atoms with van der Waals surface area (Å²) < 4.78 is 45.7. The average molecular weight is 421 g/mol. The van der Waals surface area contributed by atoms with Gasteiger partial charge in [0.25, 0.3) is 0 Å². The van der Waals surface area contributed by atoms with Gasteiger partial charge in [-0.25, -0.2) is 4.98 Å². The Morgan fingerprint density at radius 2 is 1.93 bits per heavy atom. The van der Waals surface area contributed by atoms with E-state index in [1.807, 2.05) is 41.9 Å². The molecule has 0 bridgehead atoms. The van der Waals surface area contributed by atoms with Gasteiger partial charge in [-0.15, -0.1) is 0 Å². The number of amides is 1. The summed E-state index contributed by atoms with van der Waals surface area (Å²) >= 11 is 1.19. The maximum Gasteiger partial charge on any atom is 0.416 e. The largest absolute Gasteiger partial charge is 0.495 e. The molecule has 152 valence electrons. The van der Waals surface area contributed by atoms with Crippen LogP contribution in [0.25, 0.3) is 11.3 Å². The van der Waals surface area contributed by atoms with Crippen molar-refractivity contribution in [2.75, 3.05) is 18.2 Å². The van der Waals surface area contributed by atoms with Gasteiger partial charge in [0.2, 0.25) is 5.91 Å². The number of ether oxygens (including phenoxy) is 1. The van der Waals surface area contributed by atoms with Gasteiger partial charge in [-0.1, -0.05) is 42.1 Å². The zero-order chi connectivity index (χ0) is 21.0. The van der Waals surface area contributed by atoms with Gasteiger partial charge in [-0.05, 0) is 23.8 Å². The number of benzene rings is 2. The Morgan fingerprint density at radius 1 is 1.21 bits per heavy atom. The van der Waals surface area contributed by atoms with Crippen molar-refractivity contribution < 1.29 is 22.7 Å². The van der Waals surface area contributed by atoms with E-state index in [0.29, 0.717) is 5.16 Å². The van der Waals surface area contributed by atoms with E-state index in [1.165, 1.54) is 24.9 Å². The van der Waals surface area contributed by atoms with Gasteiger partial charge in [-0.3, -0.25) is 4.79 Å². The first-order chi connectivity index (χ1) is 13.8. The maximum absolute atomic E-state index is 12.9. The van der Waals surface area contributed by atoms with Crippen molar-refractivity contribution in [3.05, 3.63) is 60.3 Å². The molecule has 5 nitrogen and oxygen atoms in total. The van der Waals surface area contributed by atoms with Crippen molar-refractivity contribution in [2.45, 2.75) is 11.3 Å². The van der Waals surface area contributed by atoms with Crippen LogP contribution in [-0.4, -0.2) is 28.3 Å². The number of hydrogen-bond acceptors (Lipinski definition) is 4. The number of carbonyl (C=O) groups is 1. The van der Waals surface area contributed by atoms with E-state index in [4.69, 9.17) is 4.74 Å².